The maximum atomic E-state index is 12.2. The van der Waals surface area contributed by atoms with Gasteiger partial charge in [-0.3, -0.25) is 9.69 Å². The lowest BCUT2D eigenvalue weighted by Crippen LogP contribution is -2.49. The summed E-state index contributed by atoms with van der Waals surface area (Å²) in [5.41, 5.74) is 1.16. The second-order valence-corrected chi connectivity index (χ2v) is 6.14. The highest BCUT2D eigenvalue weighted by Gasteiger charge is 2.52. The van der Waals surface area contributed by atoms with Gasteiger partial charge in [0.2, 0.25) is 0 Å². The minimum Gasteiger partial charge on any atom is -0.466 e. The first-order valence-corrected chi connectivity index (χ1v) is 7.75. The summed E-state index contributed by atoms with van der Waals surface area (Å²) >= 11 is 0. The summed E-state index contributed by atoms with van der Waals surface area (Å²) in [5, 5.41) is 10.7. The SMILES string of the molecule is CCOC(=O)[C@@H]1C[C@@H]2[C@H](O)[C@H](c3ccccc3)C[C@H]1N2C. The number of ether oxygens (including phenoxy) is 1. The van der Waals surface area contributed by atoms with Crippen molar-refractivity contribution in [2.24, 2.45) is 5.92 Å². The van der Waals surface area contributed by atoms with Gasteiger partial charge in [0.15, 0.2) is 0 Å². The minimum atomic E-state index is -0.423. The third-order valence-corrected chi connectivity index (χ3v) is 5.13. The Labute approximate surface area is 125 Å². The Morgan fingerprint density at radius 1 is 1.29 bits per heavy atom. The molecule has 2 aliphatic heterocycles. The van der Waals surface area contributed by atoms with Crippen molar-refractivity contribution in [1.82, 2.24) is 4.90 Å². The zero-order valence-corrected chi connectivity index (χ0v) is 12.6. The number of fused-ring (bicyclic) bond motifs is 2. The molecule has 2 heterocycles. The Hall–Kier alpha value is -1.39. The van der Waals surface area contributed by atoms with Gasteiger partial charge in [-0.05, 0) is 32.4 Å². The van der Waals surface area contributed by atoms with Crippen LogP contribution in [-0.2, 0) is 9.53 Å². The number of benzene rings is 1. The maximum absolute atomic E-state index is 12.2. The van der Waals surface area contributed by atoms with E-state index < -0.39 is 6.10 Å². The van der Waals surface area contributed by atoms with Crippen molar-refractivity contribution in [3.8, 4) is 0 Å². The normalized spacial score (nSPS) is 35.7. The van der Waals surface area contributed by atoms with Gasteiger partial charge in [-0.25, -0.2) is 0 Å². The molecular weight excluding hydrogens is 266 g/mol. The predicted molar refractivity (Wildman–Crippen MR) is 79.9 cm³/mol. The first kappa shape index (κ1) is 14.5. The van der Waals surface area contributed by atoms with E-state index in [9.17, 15) is 9.90 Å². The van der Waals surface area contributed by atoms with Gasteiger partial charge in [-0.1, -0.05) is 30.3 Å². The largest absolute Gasteiger partial charge is 0.466 e. The summed E-state index contributed by atoms with van der Waals surface area (Å²) in [7, 11) is 2.01. The summed E-state index contributed by atoms with van der Waals surface area (Å²) in [4.78, 5) is 14.3. The number of aliphatic hydroxyl groups is 1. The fraction of sp³-hybridized carbons (Fsp3) is 0.588. The first-order valence-electron chi connectivity index (χ1n) is 7.75. The molecule has 0 radical (unpaired) electrons. The molecule has 21 heavy (non-hydrogen) atoms. The van der Waals surface area contributed by atoms with Gasteiger partial charge in [0.1, 0.15) is 0 Å². The fourth-order valence-corrected chi connectivity index (χ4v) is 4.03. The van der Waals surface area contributed by atoms with Crippen LogP contribution in [0.3, 0.4) is 0 Å². The van der Waals surface area contributed by atoms with E-state index in [0.29, 0.717) is 13.0 Å². The van der Waals surface area contributed by atoms with Gasteiger partial charge >= 0.3 is 5.97 Å². The molecule has 1 aromatic carbocycles. The number of hydrogen-bond acceptors (Lipinski definition) is 4. The molecule has 0 aliphatic carbocycles. The maximum Gasteiger partial charge on any atom is 0.310 e. The van der Waals surface area contributed by atoms with Crippen LogP contribution >= 0.6 is 0 Å². The van der Waals surface area contributed by atoms with Gasteiger partial charge in [0.05, 0.1) is 18.6 Å². The zero-order chi connectivity index (χ0) is 15.0. The molecule has 0 unspecified atom stereocenters. The number of likely N-dealkylation sites (N-methyl/N-ethyl adjacent to an activating group) is 1. The molecule has 4 nitrogen and oxygen atoms in total. The molecule has 2 fully saturated rings. The van der Waals surface area contributed by atoms with Gasteiger partial charge in [-0.2, -0.15) is 0 Å². The van der Waals surface area contributed by atoms with E-state index in [1.54, 1.807) is 0 Å². The van der Waals surface area contributed by atoms with E-state index in [1.807, 2.05) is 32.2 Å². The van der Waals surface area contributed by atoms with E-state index in [-0.39, 0.29) is 29.9 Å². The number of carbonyl (C=O) groups excluding carboxylic acids is 1. The van der Waals surface area contributed by atoms with Crippen molar-refractivity contribution >= 4 is 5.97 Å². The number of nitrogens with zero attached hydrogens (tertiary/aromatic N) is 1. The topological polar surface area (TPSA) is 49.8 Å². The van der Waals surface area contributed by atoms with E-state index >= 15 is 0 Å². The van der Waals surface area contributed by atoms with Crippen molar-refractivity contribution in [3.05, 3.63) is 35.9 Å². The van der Waals surface area contributed by atoms with Crippen LogP contribution in [0.2, 0.25) is 0 Å². The van der Waals surface area contributed by atoms with Crippen LogP contribution in [-0.4, -0.2) is 47.8 Å². The molecule has 5 atom stereocenters. The van der Waals surface area contributed by atoms with Crippen molar-refractivity contribution in [3.63, 3.8) is 0 Å². The minimum absolute atomic E-state index is 0.0448. The van der Waals surface area contributed by atoms with E-state index in [2.05, 4.69) is 17.0 Å². The number of esters is 1. The standard InChI is InChI=1S/C17H23NO3/c1-3-21-17(20)13-10-15-16(19)12(9-14(13)18(15)2)11-7-5-4-6-8-11/h4-8,12-16,19H,3,9-10H2,1-2H3/t12-,13+,14+,15+,16+/m0/s1. The summed E-state index contributed by atoms with van der Waals surface area (Å²) in [5.74, 6) is -0.113. The molecule has 2 bridgehead atoms. The van der Waals surface area contributed by atoms with E-state index in [0.717, 1.165) is 12.0 Å². The van der Waals surface area contributed by atoms with Crippen molar-refractivity contribution in [2.45, 2.75) is 43.9 Å². The van der Waals surface area contributed by atoms with Crippen LogP contribution in [0.1, 0.15) is 31.2 Å². The average molecular weight is 289 g/mol. The third kappa shape index (κ3) is 2.47. The molecule has 114 valence electrons. The molecule has 0 amide bonds. The molecule has 3 rings (SSSR count). The summed E-state index contributed by atoms with van der Waals surface area (Å²) in [6, 6.07) is 10.3. The quantitative estimate of drug-likeness (QED) is 0.862. The van der Waals surface area contributed by atoms with Gasteiger partial charge in [0.25, 0.3) is 0 Å². The fourth-order valence-electron chi connectivity index (χ4n) is 4.03. The van der Waals surface area contributed by atoms with Crippen LogP contribution < -0.4 is 0 Å². The van der Waals surface area contributed by atoms with Gasteiger partial charge < -0.3 is 9.84 Å². The highest BCUT2D eigenvalue weighted by atomic mass is 16.5. The predicted octanol–water partition coefficient (Wildman–Crippen LogP) is 1.79. The van der Waals surface area contributed by atoms with Crippen LogP contribution in [0, 0.1) is 5.92 Å². The van der Waals surface area contributed by atoms with Gasteiger partial charge in [0, 0.05) is 18.0 Å². The number of piperidine rings is 1. The van der Waals surface area contributed by atoms with Crippen molar-refractivity contribution in [2.75, 3.05) is 13.7 Å². The Morgan fingerprint density at radius 3 is 2.67 bits per heavy atom. The smallest absolute Gasteiger partial charge is 0.310 e. The molecule has 0 saturated carbocycles. The lowest BCUT2D eigenvalue weighted by Gasteiger charge is -2.41. The van der Waals surface area contributed by atoms with Gasteiger partial charge in [-0.15, -0.1) is 0 Å². The lowest BCUT2D eigenvalue weighted by molar-refractivity contribution is -0.148. The number of hydrogen-bond donors (Lipinski definition) is 1. The Bertz CT molecular complexity index is 504. The van der Waals surface area contributed by atoms with Crippen LogP contribution in [0.25, 0.3) is 0 Å². The Morgan fingerprint density at radius 2 is 2.00 bits per heavy atom. The Balaban J connectivity index is 1.84. The summed E-state index contributed by atoms with van der Waals surface area (Å²) in [6.07, 6.45) is 1.08. The molecule has 4 heteroatoms. The molecule has 0 aromatic heterocycles. The zero-order valence-electron chi connectivity index (χ0n) is 12.6. The monoisotopic (exact) mass is 289 g/mol. The highest BCUT2D eigenvalue weighted by Crippen LogP contribution is 2.45. The lowest BCUT2D eigenvalue weighted by atomic mass is 9.82. The molecule has 2 saturated heterocycles. The number of carbonyl (C=O) groups is 1. The van der Waals surface area contributed by atoms with Crippen molar-refractivity contribution < 1.29 is 14.6 Å². The van der Waals surface area contributed by atoms with E-state index in [4.69, 9.17) is 4.74 Å². The highest BCUT2D eigenvalue weighted by molar-refractivity contribution is 5.74. The summed E-state index contributed by atoms with van der Waals surface area (Å²) < 4.78 is 5.21. The molecule has 1 aromatic rings. The molecule has 1 N–H and O–H groups in total. The number of rotatable bonds is 3. The van der Waals surface area contributed by atoms with E-state index in [1.165, 1.54) is 0 Å². The summed E-state index contributed by atoms with van der Waals surface area (Å²) in [6.45, 7) is 2.26. The third-order valence-electron chi connectivity index (χ3n) is 5.13. The molecule has 0 spiro atoms. The van der Waals surface area contributed by atoms with Crippen LogP contribution in [0.4, 0.5) is 0 Å². The second-order valence-electron chi connectivity index (χ2n) is 6.14. The van der Waals surface area contributed by atoms with Crippen LogP contribution in [0.5, 0.6) is 0 Å². The first-order chi connectivity index (χ1) is 10.1. The van der Waals surface area contributed by atoms with Crippen molar-refractivity contribution in [1.29, 1.82) is 0 Å². The average Bonchev–Trinajstić information content (AvgIpc) is 2.72. The Kier molecular flexibility index (Phi) is 4.00. The van der Waals surface area contributed by atoms with Crippen LogP contribution in [0.15, 0.2) is 30.3 Å². The second kappa shape index (κ2) is 5.78. The molecular formula is C17H23NO3. The number of aliphatic hydroxyl groups excluding tert-OH is 1. The molecule has 2 aliphatic rings.